The van der Waals surface area contributed by atoms with E-state index in [4.69, 9.17) is 4.74 Å². The fourth-order valence-electron chi connectivity index (χ4n) is 3.53. The predicted octanol–water partition coefficient (Wildman–Crippen LogP) is 0.920. The van der Waals surface area contributed by atoms with Crippen molar-refractivity contribution in [2.45, 2.75) is 24.8 Å². The molecule has 3 rings (SSSR count). The molecule has 0 spiro atoms. The second-order valence-corrected chi connectivity index (χ2v) is 9.23. The Kier molecular flexibility index (Phi) is 6.56. The Morgan fingerprint density at radius 1 is 1.14 bits per heavy atom. The highest BCUT2D eigenvalue weighted by Gasteiger charge is 2.34. The lowest BCUT2D eigenvalue weighted by molar-refractivity contribution is -0.917. The minimum atomic E-state index is -3.49. The average Bonchev–Trinajstić information content (AvgIpc) is 2.74. The number of benzene rings is 2. The van der Waals surface area contributed by atoms with Crippen LogP contribution in [0.2, 0.25) is 0 Å². The number of carbonyl (C=O) groups excluding carboxylic acids is 1. The van der Waals surface area contributed by atoms with Crippen LogP contribution < -0.4 is 15.0 Å². The molecule has 1 aliphatic rings. The van der Waals surface area contributed by atoms with Crippen LogP contribution in [0.3, 0.4) is 0 Å². The van der Waals surface area contributed by atoms with E-state index in [1.807, 2.05) is 32.0 Å². The van der Waals surface area contributed by atoms with Gasteiger partial charge in [-0.15, -0.1) is 0 Å². The van der Waals surface area contributed by atoms with Crippen LogP contribution in [-0.4, -0.2) is 58.0 Å². The van der Waals surface area contributed by atoms with E-state index in [1.54, 1.807) is 37.4 Å². The van der Waals surface area contributed by atoms with Crippen LogP contribution in [0.4, 0.5) is 5.69 Å². The molecule has 2 aromatic rings. The van der Waals surface area contributed by atoms with Crippen molar-refractivity contribution >= 4 is 21.6 Å². The molecule has 1 saturated heterocycles. The summed E-state index contributed by atoms with van der Waals surface area (Å²) >= 11 is 0. The van der Waals surface area contributed by atoms with Gasteiger partial charge in [0.1, 0.15) is 5.75 Å². The Morgan fingerprint density at radius 2 is 1.79 bits per heavy atom. The maximum Gasteiger partial charge on any atom is 0.282 e. The predicted molar refractivity (Wildman–Crippen MR) is 112 cm³/mol. The third kappa shape index (κ3) is 4.77. The van der Waals surface area contributed by atoms with E-state index in [1.165, 1.54) is 4.31 Å². The number of methoxy groups -OCH3 is 1. The third-order valence-corrected chi connectivity index (χ3v) is 7.28. The lowest BCUT2D eigenvalue weighted by atomic mass is 10.2. The van der Waals surface area contributed by atoms with E-state index >= 15 is 0 Å². The van der Waals surface area contributed by atoms with Gasteiger partial charge in [-0.3, -0.25) is 4.79 Å². The Labute approximate surface area is 172 Å². The number of anilines is 1. The molecule has 1 fully saturated rings. The minimum Gasteiger partial charge on any atom is -0.495 e. The van der Waals surface area contributed by atoms with Crippen molar-refractivity contribution in [1.82, 2.24) is 4.31 Å². The molecule has 2 aromatic carbocycles. The first-order chi connectivity index (χ1) is 13.8. The van der Waals surface area contributed by atoms with Crippen molar-refractivity contribution in [2.24, 2.45) is 0 Å². The number of carbonyl (C=O) groups is 1. The largest absolute Gasteiger partial charge is 0.495 e. The highest BCUT2D eigenvalue weighted by Crippen LogP contribution is 2.25. The summed E-state index contributed by atoms with van der Waals surface area (Å²) in [5.74, 6) is 0.508. The van der Waals surface area contributed by atoms with Crippen molar-refractivity contribution in [3.63, 3.8) is 0 Å². The lowest BCUT2D eigenvalue weighted by Crippen LogP contribution is -3.19. The molecule has 1 amide bonds. The standard InChI is InChI=1S/C21H27N3O4S/c1-16-9-10-20(28-3)19(15-16)22-21(25)17(2)23-11-13-24(14-12-23)29(26,27)18-7-5-4-6-8-18/h4-10,15,17H,11-14H2,1-3H3,(H,22,25)/p+1/t17-/m1/s1. The van der Waals surface area contributed by atoms with Gasteiger partial charge in [0, 0.05) is 0 Å². The molecule has 0 aliphatic carbocycles. The van der Waals surface area contributed by atoms with E-state index in [2.05, 4.69) is 5.32 Å². The first kappa shape index (κ1) is 21.3. The SMILES string of the molecule is COc1ccc(C)cc1NC(=O)[C@@H](C)[NH+]1CCN(S(=O)(=O)c2ccccc2)CC1. The van der Waals surface area contributed by atoms with Crippen LogP contribution in [0.15, 0.2) is 53.4 Å². The van der Waals surface area contributed by atoms with E-state index in [0.29, 0.717) is 42.5 Å². The van der Waals surface area contributed by atoms with Gasteiger partial charge in [-0.2, -0.15) is 4.31 Å². The molecule has 1 atom stereocenters. The van der Waals surface area contributed by atoms with Gasteiger partial charge in [0.2, 0.25) is 10.0 Å². The Balaban J connectivity index is 1.62. The normalized spacial score (nSPS) is 16.9. The molecule has 0 aromatic heterocycles. The molecule has 1 aliphatic heterocycles. The van der Waals surface area contributed by atoms with Gasteiger partial charge in [-0.1, -0.05) is 24.3 Å². The number of hydrogen-bond donors (Lipinski definition) is 2. The van der Waals surface area contributed by atoms with Gasteiger partial charge in [-0.25, -0.2) is 8.42 Å². The molecule has 0 saturated carbocycles. The number of rotatable bonds is 6. The molecule has 0 bridgehead atoms. The van der Waals surface area contributed by atoms with E-state index in [-0.39, 0.29) is 11.9 Å². The molecule has 1 heterocycles. The number of piperazine rings is 1. The van der Waals surface area contributed by atoms with Crippen LogP contribution in [0.1, 0.15) is 12.5 Å². The summed E-state index contributed by atoms with van der Waals surface area (Å²) in [4.78, 5) is 14.1. The first-order valence-corrected chi connectivity index (χ1v) is 11.1. The molecular formula is C21H28N3O4S+. The molecule has 156 valence electrons. The molecule has 29 heavy (non-hydrogen) atoms. The average molecular weight is 419 g/mol. The molecule has 2 N–H and O–H groups in total. The van der Waals surface area contributed by atoms with Crippen LogP contribution in [-0.2, 0) is 14.8 Å². The van der Waals surface area contributed by atoms with Crippen LogP contribution in [0, 0.1) is 6.92 Å². The Bertz CT molecular complexity index is 955. The number of sulfonamides is 1. The zero-order valence-electron chi connectivity index (χ0n) is 17.0. The smallest absolute Gasteiger partial charge is 0.282 e. The van der Waals surface area contributed by atoms with Crippen molar-refractivity contribution in [3.8, 4) is 5.75 Å². The number of ether oxygens (including phenoxy) is 1. The lowest BCUT2D eigenvalue weighted by Gasteiger charge is -2.34. The molecule has 0 radical (unpaired) electrons. The zero-order chi connectivity index (χ0) is 21.0. The number of nitrogens with zero attached hydrogens (tertiary/aromatic N) is 1. The number of quaternary nitrogens is 1. The number of nitrogens with one attached hydrogen (secondary N) is 2. The Morgan fingerprint density at radius 3 is 2.41 bits per heavy atom. The van der Waals surface area contributed by atoms with E-state index < -0.39 is 10.0 Å². The van der Waals surface area contributed by atoms with Crippen molar-refractivity contribution in [3.05, 3.63) is 54.1 Å². The highest BCUT2D eigenvalue weighted by molar-refractivity contribution is 7.89. The monoisotopic (exact) mass is 418 g/mol. The Hall–Kier alpha value is -2.42. The van der Waals surface area contributed by atoms with Gasteiger partial charge in [-0.05, 0) is 43.7 Å². The third-order valence-electron chi connectivity index (χ3n) is 5.36. The van der Waals surface area contributed by atoms with Crippen molar-refractivity contribution < 1.29 is 22.8 Å². The summed E-state index contributed by atoms with van der Waals surface area (Å²) in [5, 5.41) is 2.95. The number of hydrogen-bond acceptors (Lipinski definition) is 4. The fourth-order valence-corrected chi connectivity index (χ4v) is 5.00. The van der Waals surface area contributed by atoms with Crippen LogP contribution >= 0.6 is 0 Å². The maximum absolute atomic E-state index is 12.8. The summed E-state index contributed by atoms with van der Waals surface area (Å²) in [5.41, 5.74) is 1.68. The van der Waals surface area contributed by atoms with Gasteiger partial charge in [0.25, 0.3) is 5.91 Å². The van der Waals surface area contributed by atoms with Gasteiger partial charge in [0.05, 0.1) is 43.9 Å². The summed E-state index contributed by atoms with van der Waals surface area (Å²) in [6.07, 6.45) is 0. The number of aryl methyl sites for hydroxylation is 1. The quantitative estimate of drug-likeness (QED) is 0.731. The van der Waals surface area contributed by atoms with Crippen LogP contribution in [0.25, 0.3) is 0 Å². The number of amides is 1. The van der Waals surface area contributed by atoms with E-state index in [9.17, 15) is 13.2 Å². The van der Waals surface area contributed by atoms with E-state index in [0.717, 1.165) is 10.5 Å². The van der Waals surface area contributed by atoms with Crippen LogP contribution in [0.5, 0.6) is 5.75 Å². The molecule has 8 heteroatoms. The minimum absolute atomic E-state index is 0.108. The second-order valence-electron chi connectivity index (χ2n) is 7.29. The zero-order valence-corrected chi connectivity index (χ0v) is 17.8. The first-order valence-electron chi connectivity index (χ1n) is 9.68. The molecule has 7 nitrogen and oxygen atoms in total. The molecule has 0 unspecified atom stereocenters. The topological polar surface area (TPSA) is 80.2 Å². The van der Waals surface area contributed by atoms with Gasteiger partial charge < -0.3 is 15.0 Å². The summed E-state index contributed by atoms with van der Waals surface area (Å²) in [6.45, 7) is 5.75. The van der Waals surface area contributed by atoms with Crippen molar-refractivity contribution in [1.29, 1.82) is 0 Å². The summed E-state index contributed by atoms with van der Waals surface area (Å²) in [7, 11) is -1.92. The van der Waals surface area contributed by atoms with Crippen molar-refractivity contribution in [2.75, 3.05) is 38.6 Å². The second kappa shape index (κ2) is 8.94. The molecular weight excluding hydrogens is 390 g/mol. The maximum atomic E-state index is 12.8. The summed E-state index contributed by atoms with van der Waals surface area (Å²) < 4.78 is 32.4. The van der Waals surface area contributed by atoms with Gasteiger partial charge in [0.15, 0.2) is 6.04 Å². The highest BCUT2D eigenvalue weighted by atomic mass is 32.2. The fraction of sp³-hybridized carbons (Fsp3) is 0.381. The van der Waals surface area contributed by atoms with Gasteiger partial charge >= 0.3 is 0 Å². The summed E-state index contributed by atoms with van der Waals surface area (Å²) in [6, 6.07) is 13.8.